The topological polar surface area (TPSA) is 17.1 Å². The molecule has 1 aliphatic rings. The summed E-state index contributed by atoms with van der Waals surface area (Å²) >= 11 is 0. The lowest BCUT2D eigenvalue weighted by Gasteiger charge is -2.14. The van der Waals surface area contributed by atoms with Gasteiger partial charge in [0.2, 0.25) is 5.30 Å². The Hall–Kier alpha value is -3.02. The van der Waals surface area contributed by atoms with E-state index in [1.165, 1.54) is 44.5 Å². The summed E-state index contributed by atoms with van der Waals surface area (Å²) in [5.74, 6) is 0. The largest absolute Gasteiger partial charge is 0.416 e. The Balaban J connectivity index is 1.81. The Morgan fingerprint density at radius 3 is 2.07 bits per heavy atom. The normalized spacial score (nSPS) is 12.4. The lowest BCUT2D eigenvalue weighted by molar-refractivity contribution is 0.598. The summed E-state index contributed by atoms with van der Waals surface area (Å²) in [5.41, 5.74) is 11.1. The second-order valence-electron chi connectivity index (χ2n) is 8.23. The van der Waals surface area contributed by atoms with Gasteiger partial charge in [0.25, 0.3) is 0 Å². The fourth-order valence-electron chi connectivity index (χ4n) is 4.93. The van der Waals surface area contributed by atoms with Gasteiger partial charge in [0.05, 0.1) is 0 Å². The molecule has 1 atom stereocenters. The minimum atomic E-state index is -1.70. The summed E-state index contributed by atoms with van der Waals surface area (Å²) < 4.78 is 14.0. The quantitative estimate of drug-likeness (QED) is 0.307. The van der Waals surface area contributed by atoms with E-state index in [0.29, 0.717) is 0 Å². The standard InChI is InChI=1S/C28H24OP/c1-18-15-19(2)27(20(3)16-18)25-14-13-24-23-12-8-7-9-21(23)17-26(24)28(25)30(29)22-10-5-4-6-11-22/h4-16H,17H2,1-3H3/q+1. The minimum Gasteiger partial charge on any atom is -0.0619 e. The van der Waals surface area contributed by atoms with E-state index >= 15 is 0 Å². The van der Waals surface area contributed by atoms with Crippen LogP contribution >= 0.6 is 7.80 Å². The summed E-state index contributed by atoms with van der Waals surface area (Å²) in [6.45, 7) is 6.46. The molecule has 1 nitrogen and oxygen atoms in total. The van der Waals surface area contributed by atoms with E-state index in [4.69, 9.17) is 0 Å². The van der Waals surface area contributed by atoms with E-state index in [-0.39, 0.29) is 0 Å². The van der Waals surface area contributed by atoms with Crippen molar-refractivity contribution in [3.05, 3.63) is 107 Å². The van der Waals surface area contributed by atoms with Crippen molar-refractivity contribution in [2.24, 2.45) is 0 Å². The third-order valence-electron chi connectivity index (χ3n) is 6.10. The van der Waals surface area contributed by atoms with Gasteiger partial charge in [0, 0.05) is 17.5 Å². The summed E-state index contributed by atoms with van der Waals surface area (Å²) in [6.07, 6.45) is 0.840. The average molecular weight is 407 g/mol. The Labute approximate surface area is 179 Å². The van der Waals surface area contributed by atoms with Gasteiger partial charge in [-0.3, -0.25) is 0 Å². The number of aryl methyl sites for hydroxylation is 3. The van der Waals surface area contributed by atoms with Crippen LogP contribution in [0.4, 0.5) is 0 Å². The number of rotatable bonds is 3. The smallest absolute Gasteiger partial charge is 0.0619 e. The molecule has 0 heterocycles. The van der Waals surface area contributed by atoms with Crippen LogP contribution in [0.25, 0.3) is 22.3 Å². The van der Waals surface area contributed by atoms with Crippen molar-refractivity contribution >= 4 is 18.4 Å². The van der Waals surface area contributed by atoms with Crippen LogP contribution in [-0.4, -0.2) is 0 Å². The van der Waals surface area contributed by atoms with Crippen LogP contribution in [0.2, 0.25) is 0 Å². The fourth-order valence-corrected chi connectivity index (χ4v) is 6.48. The summed E-state index contributed by atoms with van der Waals surface area (Å²) in [6, 6.07) is 27.3. The molecule has 0 spiro atoms. The van der Waals surface area contributed by atoms with Gasteiger partial charge in [-0.05, 0) is 72.4 Å². The lowest BCUT2D eigenvalue weighted by Crippen LogP contribution is -2.15. The lowest BCUT2D eigenvalue weighted by atomic mass is 9.91. The molecule has 5 rings (SSSR count). The Morgan fingerprint density at radius 1 is 0.700 bits per heavy atom. The molecule has 146 valence electrons. The Bertz CT molecular complexity index is 1280. The van der Waals surface area contributed by atoms with Crippen LogP contribution in [0.15, 0.2) is 78.9 Å². The van der Waals surface area contributed by atoms with Gasteiger partial charge in [-0.1, -0.05) is 70.8 Å². The van der Waals surface area contributed by atoms with E-state index in [1.807, 2.05) is 30.3 Å². The zero-order valence-electron chi connectivity index (χ0n) is 17.6. The maximum absolute atomic E-state index is 14.0. The highest BCUT2D eigenvalue weighted by Crippen LogP contribution is 2.42. The second-order valence-corrected chi connectivity index (χ2v) is 9.78. The van der Waals surface area contributed by atoms with E-state index < -0.39 is 7.80 Å². The number of fused-ring (bicyclic) bond motifs is 3. The molecule has 0 bridgehead atoms. The molecule has 0 aromatic heterocycles. The zero-order chi connectivity index (χ0) is 20.8. The van der Waals surface area contributed by atoms with Crippen molar-refractivity contribution in [1.82, 2.24) is 0 Å². The zero-order valence-corrected chi connectivity index (χ0v) is 18.5. The van der Waals surface area contributed by atoms with E-state index in [9.17, 15) is 4.57 Å². The first-order valence-electron chi connectivity index (χ1n) is 10.4. The maximum atomic E-state index is 14.0. The van der Waals surface area contributed by atoms with Crippen molar-refractivity contribution in [3.8, 4) is 22.3 Å². The highest BCUT2D eigenvalue weighted by atomic mass is 31.1. The molecule has 0 saturated carbocycles. The summed E-state index contributed by atoms with van der Waals surface area (Å²) in [7, 11) is -1.70. The molecule has 2 heteroatoms. The summed E-state index contributed by atoms with van der Waals surface area (Å²) in [5, 5.41) is 1.89. The van der Waals surface area contributed by atoms with E-state index in [0.717, 1.165) is 22.6 Å². The third kappa shape index (κ3) is 3.02. The Kier molecular flexibility index (Phi) is 4.65. The number of hydrogen-bond donors (Lipinski definition) is 0. The first-order chi connectivity index (χ1) is 14.5. The molecule has 4 aromatic rings. The van der Waals surface area contributed by atoms with Crippen LogP contribution < -0.4 is 10.6 Å². The molecule has 1 aliphatic carbocycles. The Morgan fingerprint density at radius 2 is 1.33 bits per heavy atom. The van der Waals surface area contributed by atoms with Gasteiger partial charge in [0.15, 0.2) is 5.30 Å². The van der Waals surface area contributed by atoms with Crippen molar-refractivity contribution < 1.29 is 4.57 Å². The molecule has 0 amide bonds. The predicted molar refractivity (Wildman–Crippen MR) is 128 cm³/mol. The van der Waals surface area contributed by atoms with Crippen LogP contribution in [0.1, 0.15) is 27.8 Å². The first kappa shape index (κ1) is 19.0. The van der Waals surface area contributed by atoms with Gasteiger partial charge in [-0.15, -0.1) is 0 Å². The van der Waals surface area contributed by atoms with Crippen LogP contribution in [0, 0.1) is 20.8 Å². The van der Waals surface area contributed by atoms with Gasteiger partial charge in [-0.2, -0.15) is 0 Å². The molecule has 0 N–H and O–H groups in total. The highest BCUT2D eigenvalue weighted by molar-refractivity contribution is 7.62. The van der Waals surface area contributed by atoms with Crippen LogP contribution in [0.5, 0.6) is 0 Å². The highest BCUT2D eigenvalue weighted by Gasteiger charge is 2.36. The van der Waals surface area contributed by atoms with Gasteiger partial charge < -0.3 is 0 Å². The van der Waals surface area contributed by atoms with E-state index in [2.05, 4.69) is 69.3 Å². The molecule has 1 unspecified atom stereocenters. The molecule has 30 heavy (non-hydrogen) atoms. The molecule has 4 aromatic carbocycles. The van der Waals surface area contributed by atoms with Gasteiger partial charge >= 0.3 is 7.80 Å². The van der Waals surface area contributed by atoms with Crippen molar-refractivity contribution in [2.75, 3.05) is 0 Å². The molecule has 0 saturated heterocycles. The van der Waals surface area contributed by atoms with Crippen molar-refractivity contribution in [1.29, 1.82) is 0 Å². The molecular formula is C28H24OP+. The monoisotopic (exact) mass is 407 g/mol. The van der Waals surface area contributed by atoms with E-state index in [1.54, 1.807) is 0 Å². The SMILES string of the molecule is Cc1cc(C)c(-c2ccc3c(c2[P+](=O)c2ccccc2)Cc2ccccc2-3)c(C)c1. The average Bonchev–Trinajstić information content (AvgIpc) is 3.11. The molecule has 0 radical (unpaired) electrons. The van der Waals surface area contributed by atoms with Crippen molar-refractivity contribution in [2.45, 2.75) is 27.2 Å². The molecule has 0 aliphatic heterocycles. The van der Waals surface area contributed by atoms with Gasteiger partial charge in [-0.25, -0.2) is 0 Å². The number of hydrogen-bond acceptors (Lipinski definition) is 1. The summed E-state index contributed by atoms with van der Waals surface area (Å²) in [4.78, 5) is 0. The van der Waals surface area contributed by atoms with Crippen LogP contribution in [0.3, 0.4) is 0 Å². The van der Waals surface area contributed by atoms with Gasteiger partial charge in [0.1, 0.15) is 0 Å². The fraction of sp³-hybridized carbons (Fsp3) is 0.143. The molecule has 0 fully saturated rings. The minimum absolute atomic E-state index is 0.840. The third-order valence-corrected chi connectivity index (χ3v) is 7.78. The first-order valence-corrected chi connectivity index (χ1v) is 11.6. The van der Waals surface area contributed by atoms with Crippen molar-refractivity contribution in [3.63, 3.8) is 0 Å². The maximum Gasteiger partial charge on any atom is 0.416 e. The number of benzene rings is 4. The van der Waals surface area contributed by atoms with Crippen LogP contribution in [-0.2, 0) is 11.0 Å². The predicted octanol–water partition coefficient (Wildman–Crippen LogP) is 6.63. The molecular weight excluding hydrogens is 383 g/mol. The second kappa shape index (κ2) is 7.35.